The normalized spacial score (nSPS) is 21.7. The van der Waals surface area contributed by atoms with Crippen molar-refractivity contribution in [1.82, 2.24) is 9.97 Å². The summed E-state index contributed by atoms with van der Waals surface area (Å²) in [5.41, 5.74) is 2.36. The summed E-state index contributed by atoms with van der Waals surface area (Å²) < 4.78 is 0. The Morgan fingerprint density at radius 3 is 2.63 bits per heavy atom. The molecule has 104 valence electrons. The lowest BCUT2D eigenvalue weighted by atomic mass is 9.98. The third-order valence-corrected chi connectivity index (χ3v) is 4.62. The number of hydrogen-bond donors (Lipinski definition) is 2. The van der Waals surface area contributed by atoms with E-state index in [4.69, 9.17) is 0 Å². The van der Waals surface area contributed by atoms with Crippen molar-refractivity contribution in [3.8, 4) is 0 Å². The van der Waals surface area contributed by atoms with Crippen molar-refractivity contribution in [3.05, 3.63) is 17.6 Å². The van der Waals surface area contributed by atoms with Gasteiger partial charge in [-0.1, -0.05) is 19.3 Å². The molecule has 19 heavy (non-hydrogen) atoms. The first-order valence-corrected chi connectivity index (χ1v) is 7.55. The van der Waals surface area contributed by atoms with Crippen LogP contribution in [0.25, 0.3) is 0 Å². The zero-order valence-corrected chi connectivity index (χ0v) is 11.5. The fourth-order valence-electron chi connectivity index (χ4n) is 3.43. The van der Waals surface area contributed by atoms with Gasteiger partial charge in [0.15, 0.2) is 0 Å². The minimum absolute atomic E-state index is 0.144. The van der Waals surface area contributed by atoms with Gasteiger partial charge in [-0.15, -0.1) is 0 Å². The van der Waals surface area contributed by atoms with Crippen LogP contribution in [0.5, 0.6) is 0 Å². The van der Waals surface area contributed by atoms with Crippen molar-refractivity contribution < 1.29 is 5.11 Å². The summed E-state index contributed by atoms with van der Waals surface area (Å²) in [7, 11) is 0. The smallest absolute Gasteiger partial charge is 0.133 e. The molecule has 0 radical (unpaired) electrons. The van der Waals surface area contributed by atoms with Crippen molar-refractivity contribution >= 4 is 5.82 Å². The fourth-order valence-corrected chi connectivity index (χ4v) is 3.43. The summed E-state index contributed by atoms with van der Waals surface area (Å²) in [6.07, 6.45) is 12.0. The van der Waals surface area contributed by atoms with Gasteiger partial charge in [0.2, 0.25) is 0 Å². The SMILES string of the molecule is OCC1(Nc2ncnc3c2CCCCC3)CCCC1. The summed E-state index contributed by atoms with van der Waals surface area (Å²) >= 11 is 0. The number of nitrogens with one attached hydrogen (secondary N) is 1. The summed E-state index contributed by atoms with van der Waals surface area (Å²) in [5, 5.41) is 13.3. The number of hydrogen-bond acceptors (Lipinski definition) is 4. The molecule has 0 aromatic carbocycles. The first-order chi connectivity index (χ1) is 9.33. The second kappa shape index (κ2) is 5.45. The summed E-state index contributed by atoms with van der Waals surface area (Å²) in [6.45, 7) is 0.200. The Bertz CT molecular complexity index is 441. The number of aromatic nitrogens is 2. The molecule has 2 aliphatic rings. The first-order valence-electron chi connectivity index (χ1n) is 7.55. The molecule has 0 unspecified atom stereocenters. The summed E-state index contributed by atoms with van der Waals surface area (Å²) in [5.74, 6) is 0.975. The van der Waals surface area contributed by atoms with Crippen LogP contribution in [0, 0.1) is 0 Å². The molecule has 0 saturated heterocycles. The molecular weight excluding hydrogens is 238 g/mol. The molecule has 1 heterocycles. The van der Waals surface area contributed by atoms with Gasteiger partial charge in [-0.25, -0.2) is 9.97 Å². The van der Waals surface area contributed by atoms with Crippen molar-refractivity contribution in [2.75, 3.05) is 11.9 Å². The van der Waals surface area contributed by atoms with Gasteiger partial charge >= 0.3 is 0 Å². The highest BCUT2D eigenvalue weighted by Crippen LogP contribution is 2.34. The summed E-state index contributed by atoms with van der Waals surface area (Å²) in [6, 6.07) is 0. The monoisotopic (exact) mass is 261 g/mol. The van der Waals surface area contributed by atoms with Crippen LogP contribution >= 0.6 is 0 Å². The second-order valence-corrected chi connectivity index (χ2v) is 5.98. The lowest BCUT2D eigenvalue weighted by Crippen LogP contribution is -2.39. The molecule has 1 fully saturated rings. The maximum Gasteiger partial charge on any atom is 0.133 e. The molecule has 1 aromatic rings. The van der Waals surface area contributed by atoms with Gasteiger partial charge in [0, 0.05) is 11.3 Å². The molecule has 2 aliphatic carbocycles. The Morgan fingerprint density at radius 2 is 1.84 bits per heavy atom. The largest absolute Gasteiger partial charge is 0.394 e. The molecule has 1 saturated carbocycles. The van der Waals surface area contributed by atoms with E-state index in [0.29, 0.717) is 0 Å². The standard InChI is InChI=1S/C15H23N3O/c19-10-15(8-4-5-9-15)18-14-12-6-2-1-3-7-13(12)16-11-17-14/h11,19H,1-10H2,(H,16,17,18). The van der Waals surface area contributed by atoms with Gasteiger partial charge in [0.25, 0.3) is 0 Å². The number of nitrogens with zero attached hydrogens (tertiary/aromatic N) is 2. The van der Waals surface area contributed by atoms with E-state index < -0.39 is 0 Å². The zero-order chi connectivity index (χ0) is 13.1. The Morgan fingerprint density at radius 1 is 1.05 bits per heavy atom. The van der Waals surface area contributed by atoms with Crippen LogP contribution in [0.15, 0.2) is 6.33 Å². The van der Waals surface area contributed by atoms with Crippen molar-refractivity contribution in [1.29, 1.82) is 0 Å². The second-order valence-electron chi connectivity index (χ2n) is 5.98. The van der Waals surface area contributed by atoms with Crippen LogP contribution in [0.4, 0.5) is 5.82 Å². The predicted octanol–water partition coefficient (Wildman–Crippen LogP) is 2.46. The number of aryl methyl sites for hydroxylation is 1. The van der Waals surface area contributed by atoms with Crippen LogP contribution < -0.4 is 5.32 Å². The van der Waals surface area contributed by atoms with Crippen molar-refractivity contribution in [2.45, 2.75) is 63.3 Å². The molecular formula is C15H23N3O. The van der Waals surface area contributed by atoms with E-state index in [1.54, 1.807) is 6.33 Å². The molecule has 3 rings (SSSR count). The molecule has 2 N–H and O–H groups in total. The van der Waals surface area contributed by atoms with Crippen LogP contribution in [-0.2, 0) is 12.8 Å². The summed E-state index contributed by atoms with van der Waals surface area (Å²) in [4.78, 5) is 8.91. The van der Waals surface area contributed by atoms with E-state index in [2.05, 4.69) is 15.3 Å². The quantitative estimate of drug-likeness (QED) is 0.821. The van der Waals surface area contributed by atoms with E-state index in [0.717, 1.165) is 31.5 Å². The Balaban J connectivity index is 1.88. The van der Waals surface area contributed by atoms with Gasteiger partial charge in [-0.2, -0.15) is 0 Å². The molecule has 0 bridgehead atoms. The van der Waals surface area contributed by atoms with Gasteiger partial charge in [-0.3, -0.25) is 0 Å². The Kier molecular flexibility index (Phi) is 3.69. The maximum absolute atomic E-state index is 9.73. The lowest BCUT2D eigenvalue weighted by molar-refractivity contribution is 0.213. The molecule has 0 spiro atoms. The number of rotatable bonds is 3. The Hall–Kier alpha value is -1.16. The molecule has 0 atom stereocenters. The fraction of sp³-hybridized carbons (Fsp3) is 0.733. The molecule has 4 heteroatoms. The highest BCUT2D eigenvalue weighted by Gasteiger charge is 2.34. The van der Waals surface area contributed by atoms with E-state index in [-0.39, 0.29) is 12.1 Å². The number of aliphatic hydroxyl groups is 1. The topological polar surface area (TPSA) is 58.0 Å². The van der Waals surface area contributed by atoms with Crippen LogP contribution in [0.2, 0.25) is 0 Å². The highest BCUT2D eigenvalue weighted by molar-refractivity contribution is 5.49. The molecule has 0 aliphatic heterocycles. The van der Waals surface area contributed by atoms with Crippen LogP contribution in [0.1, 0.15) is 56.2 Å². The van der Waals surface area contributed by atoms with Crippen molar-refractivity contribution in [3.63, 3.8) is 0 Å². The number of aliphatic hydroxyl groups excluding tert-OH is 1. The Labute approximate surface area is 114 Å². The van der Waals surface area contributed by atoms with E-state index in [1.807, 2.05) is 0 Å². The van der Waals surface area contributed by atoms with Crippen LogP contribution in [-0.4, -0.2) is 27.2 Å². The van der Waals surface area contributed by atoms with Gasteiger partial charge < -0.3 is 10.4 Å². The highest BCUT2D eigenvalue weighted by atomic mass is 16.3. The van der Waals surface area contributed by atoms with E-state index in [1.165, 1.54) is 43.4 Å². The predicted molar refractivity (Wildman–Crippen MR) is 75.2 cm³/mol. The minimum atomic E-state index is -0.144. The maximum atomic E-state index is 9.73. The van der Waals surface area contributed by atoms with E-state index >= 15 is 0 Å². The van der Waals surface area contributed by atoms with Gasteiger partial charge in [0.05, 0.1) is 12.1 Å². The van der Waals surface area contributed by atoms with Gasteiger partial charge in [-0.05, 0) is 38.5 Å². The van der Waals surface area contributed by atoms with Gasteiger partial charge in [0.1, 0.15) is 12.1 Å². The van der Waals surface area contributed by atoms with E-state index in [9.17, 15) is 5.11 Å². The number of anilines is 1. The molecule has 1 aromatic heterocycles. The molecule has 0 amide bonds. The lowest BCUT2D eigenvalue weighted by Gasteiger charge is -2.29. The third kappa shape index (κ3) is 2.59. The minimum Gasteiger partial charge on any atom is -0.394 e. The molecule has 4 nitrogen and oxygen atoms in total. The zero-order valence-electron chi connectivity index (χ0n) is 11.5. The first kappa shape index (κ1) is 12.9. The van der Waals surface area contributed by atoms with Crippen molar-refractivity contribution in [2.24, 2.45) is 0 Å². The van der Waals surface area contributed by atoms with Crippen LogP contribution in [0.3, 0.4) is 0 Å². The average molecular weight is 261 g/mol. The third-order valence-electron chi connectivity index (χ3n) is 4.62. The average Bonchev–Trinajstić information content (AvgIpc) is 2.76. The number of fused-ring (bicyclic) bond motifs is 1.